The third kappa shape index (κ3) is 3.87. The normalized spacial score (nSPS) is 10.3. The molecule has 0 saturated carbocycles. The van der Waals surface area contributed by atoms with E-state index in [2.05, 4.69) is 15.0 Å². The van der Waals surface area contributed by atoms with Crippen LogP contribution >= 0.6 is 0 Å². The highest BCUT2D eigenvalue weighted by molar-refractivity contribution is 6.00. The van der Waals surface area contributed by atoms with Crippen molar-refractivity contribution in [2.45, 2.75) is 26.7 Å². The molecule has 0 bridgehead atoms. The van der Waals surface area contributed by atoms with Gasteiger partial charge in [-0.3, -0.25) is 9.59 Å². The molecule has 104 valence electrons. The summed E-state index contributed by atoms with van der Waals surface area (Å²) in [5.41, 5.74) is 5.48. The maximum absolute atomic E-state index is 11.8. The smallest absolute Gasteiger partial charge is 0.328 e. The van der Waals surface area contributed by atoms with E-state index in [1.54, 1.807) is 20.8 Å². The number of carbonyl (C=O) groups excluding carboxylic acids is 2. The van der Waals surface area contributed by atoms with Crippen molar-refractivity contribution in [3.05, 3.63) is 11.6 Å². The second-order valence-corrected chi connectivity index (χ2v) is 3.54. The zero-order valence-corrected chi connectivity index (χ0v) is 11.0. The molecule has 1 aromatic rings. The largest absolute Gasteiger partial charge is 0.465 e. The first kappa shape index (κ1) is 14.8. The molecule has 0 aliphatic heterocycles. The molecule has 0 aliphatic rings. The van der Waals surface area contributed by atoms with Crippen molar-refractivity contribution in [1.82, 2.24) is 15.0 Å². The van der Waals surface area contributed by atoms with E-state index in [1.807, 2.05) is 0 Å². The molecule has 0 atom stereocenters. The summed E-state index contributed by atoms with van der Waals surface area (Å²) in [5.74, 6) is -2.72. The molecule has 2 N–H and O–H groups in total. The molecular formula is C11H16N4O4. The lowest BCUT2D eigenvalue weighted by molar-refractivity contribution is -0.157. The van der Waals surface area contributed by atoms with Crippen molar-refractivity contribution in [3.63, 3.8) is 0 Å². The van der Waals surface area contributed by atoms with Crippen molar-refractivity contribution in [2.24, 2.45) is 0 Å². The van der Waals surface area contributed by atoms with E-state index >= 15 is 0 Å². The number of ether oxygens (including phenoxy) is 2. The van der Waals surface area contributed by atoms with Gasteiger partial charge in [-0.25, -0.2) is 4.98 Å². The third-order valence-electron chi connectivity index (χ3n) is 2.08. The summed E-state index contributed by atoms with van der Waals surface area (Å²) in [4.78, 5) is 35.1. The zero-order chi connectivity index (χ0) is 14.4. The second kappa shape index (κ2) is 6.62. The number of anilines is 1. The lowest BCUT2D eigenvalue weighted by atomic mass is 10.1. The molecular weight excluding hydrogens is 252 g/mol. The van der Waals surface area contributed by atoms with Gasteiger partial charge in [0.05, 0.1) is 13.2 Å². The van der Waals surface area contributed by atoms with Crippen LogP contribution in [0.15, 0.2) is 0 Å². The zero-order valence-electron chi connectivity index (χ0n) is 11.0. The molecule has 0 spiro atoms. The molecule has 0 aliphatic carbocycles. The summed E-state index contributed by atoms with van der Waals surface area (Å²) in [6, 6.07) is 0. The SMILES string of the molecule is CCOC(=O)C(C(=O)OCC)c1nc(C)nc(N)n1. The Hall–Kier alpha value is -2.25. The summed E-state index contributed by atoms with van der Waals surface area (Å²) in [6.45, 7) is 5.11. The van der Waals surface area contributed by atoms with E-state index in [4.69, 9.17) is 15.2 Å². The molecule has 1 aromatic heterocycles. The molecule has 0 amide bonds. The van der Waals surface area contributed by atoms with Crippen LogP contribution in [0.5, 0.6) is 0 Å². The Morgan fingerprint density at radius 2 is 1.63 bits per heavy atom. The maximum atomic E-state index is 11.8. The van der Waals surface area contributed by atoms with Gasteiger partial charge in [-0.05, 0) is 20.8 Å². The van der Waals surface area contributed by atoms with Crippen LogP contribution in [0.4, 0.5) is 5.95 Å². The monoisotopic (exact) mass is 268 g/mol. The highest BCUT2D eigenvalue weighted by Gasteiger charge is 2.34. The van der Waals surface area contributed by atoms with Gasteiger partial charge < -0.3 is 15.2 Å². The number of aryl methyl sites for hydroxylation is 1. The molecule has 19 heavy (non-hydrogen) atoms. The highest BCUT2D eigenvalue weighted by atomic mass is 16.6. The molecule has 0 aromatic carbocycles. The number of nitrogens with two attached hydrogens (primary N) is 1. The number of hydrogen-bond acceptors (Lipinski definition) is 8. The molecule has 0 fully saturated rings. The van der Waals surface area contributed by atoms with Crippen molar-refractivity contribution in [3.8, 4) is 0 Å². The van der Waals surface area contributed by atoms with Crippen LogP contribution in [0.3, 0.4) is 0 Å². The number of aromatic nitrogens is 3. The number of rotatable bonds is 5. The topological polar surface area (TPSA) is 117 Å². The van der Waals surface area contributed by atoms with Crippen LogP contribution in [0.2, 0.25) is 0 Å². The average molecular weight is 268 g/mol. The van der Waals surface area contributed by atoms with Gasteiger partial charge in [0.1, 0.15) is 5.82 Å². The number of hydrogen-bond donors (Lipinski definition) is 1. The van der Waals surface area contributed by atoms with E-state index < -0.39 is 17.9 Å². The van der Waals surface area contributed by atoms with Gasteiger partial charge in [0.15, 0.2) is 5.82 Å². The molecule has 1 heterocycles. The average Bonchev–Trinajstić information content (AvgIpc) is 2.28. The molecule has 1 rings (SSSR count). The fourth-order valence-electron chi connectivity index (χ4n) is 1.41. The maximum Gasteiger partial charge on any atom is 0.328 e. The van der Waals surface area contributed by atoms with Crippen LogP contribution in [0.25, 0.3) is 0 Å². The Morgan fingerprint density at radius 1 is 1.11 bits per heavy atom. The number of carbonyl (C=O) groups is 2. The van der Waals surface area contributed by atoms with Gasteiger partial charge in [0.25, 0.3) is 0 Å². The Bertz CT molecular complexity index is 440. The molecule has 0 radical (unpaired) electrons. The quantitative estimate of drug-likeness (QED) is 0.584. The van der Waals surface area contributed by atoms with Gasteiger partial charge in [-0.2, -0.15) is 9.97 Å². The van der Waals surface area contributed by atoms with Crippen molar-refractivity contribution >= 4 is 17.9 Å². The minimum absolute atomic E-state index is 0.0677. The summed E-state index contributed by atoms with van der Waals surface area (Å²) < 4.78 is 9.65. The summed E-state index contributed by atoms with van der Waals surface area (Å²) in [7, 11) is 0. The van der Waals surface area contributed by atoms with Gasteiger partial charge in [0.2, 0.25) is 11.9 Å². The summed E-state index contributed by atoms with van der Waals surface area (Å²) >= 11 is 0. The fraction of sp³-hybridized carbons (Fsp3) is 0.545. The van der Waals surface area contributed by atoms with E-state index in [0.717, 1.165) is 0 Å². The lowest BCUT2D eigenvalue weighted by Crippen LogP contribution is -2.28. The summed E-state index contributed by atoms with van der Waals surface area (Å²) in [5, 5.41) is 0. The number of esters is 2. The number of nitrogen functional groups attached to an aromatic ring is 1. The predicted molar refractivity (Wildman–Crippen MR) is 65.0 cm³/mol. The van der Waals surface area contributed by atoms with E-state index in [0.29, 0.717) is 5.82 Å². The molecule has 8 heteroatoms. The fourth-order valence-corrected chi connectivity index (χ4v) is 1.41. The van der Waals surface area contributed by atoms with E-state index in [-0.39, 0.29) is 25.0 Å². The minimum Gasteiger partial charge on any atom is -0.465 e. The highest BCUT2D eigenvalue weighted by Crippen LogP contribution is 2.16. The van der Waals surface area contributed by atoms with Crippen molar-refractivity contribution in [1.29, 1.82) is 0 Å². The summed E-state index contributed by atoms with van der Waals surface area (Å²) in [6.07, 6.45) is 0. The Balaban J connectivity index is 3.14. The third-order valence-corrected chi connectivity index (χ3v) is 2.08. The molecule has 0 unspecified atom stereocenters. The Labute approximate surface area is 110 Å². The molecule has 8 nitrogen and oxygen atoms in total. The Kier molecular flexibility index (Phi) is 5.16. The van der Waals surface area contributed by atoms with E-state index in [1.165, 1.54) is 0 Å². The van der Waals surface area contributed by atoms with Gasteiger partial charge >= 0.3 is 11.9 Å². The minimum atomic E-state index is -1.34. The van der Waals surface area contributed by atoms with E-state index in [9.17, 15) is 9.59 Å². The molecule has 0 saturated heterocycles. The van der Waals surface area contributed by atoms with Crippen LogP contribution in [0.1, 0.15) is 31.4 Å². The first-order chi connectivity index (χ1) is 8.99. The Morgan fingerprint density at radius 3 is 2.05 bits per heavy atom. The lowest BCUT2D eigenvalue weighted by Gasteiger charge is -2.13. The van der Waals surface area contributed by atoms with Crippen molar-refractivity contribution < 1.29 is 19.1 Å². The standard InChI is InChI=1S/C11H16N4O4/c1-4-18-9(16)7(10(17)19-5-2)8-13-6(3)14-11(12)15-8/h7H,4-5H2,1-3H3,(H2,12,13,14,15). The van der Waals surface area contributed by atoms with Gasteiger partial charge in [0, 0.05) is 0 Å². The van der Waals surface area contributed by atoms with Gasteiger partial charge in [-0.15, -0.1) is 0 Å². The first-order valence-corrected chi connectivity index (χ1v) is 5.80. The first-order valence-electron chi connectivity index (χ1n) is 5.80. The van der Waals surface area contributed by atoms with Crippen molar-refractivity contribution in [2.75, 3.05) is 18.9 Å². The van der Waals surface area contributed by atoms with Crippen LogP contribution in [-0.2, 0) is 19.1 Å². The van der Waals surface area contributed by atoms with Crippen LogP contribution in [0, 0.1) is 6.92 Å². The predicted octanol–water partition coefficient (Wildman–Crippen LogP) is -0.0280. The van der Waals surface area contributed by atoms with Crippen LogP contribution in [-0.4, -0.2) is 40.1 Å². The van der Waals surface area contributed by atoms with Crippen LogP contribution < -0.4 is 5.73 Å². The number of nitrogens with zero attached hydrogens (tertiary/aromatic N) is 3. The van der Waals surface area contributed by atoms with Gasteiger partial charge in [-0.1, -0.05) is 0 Å². The second-order valence-electron chi connectivity index (χ2n) is 3.54.